The Morgan fingerprint density at radius 3 is 2.64 bits per heavy atom. The minimum Gasteiger partial charge on any atom is -0.298 e. The third-order valence-electron chi connectivity index (χ3n) is 1.87. The number of alkyl halides is 2. The molecule has 0 aromatic heterocycles. The number of halogens is 3. The molecule has 0 spiro atoms. The molecule has 0 aliphatic heterocycles. The molecule has 1 rings (SSSR count). The van der Waals surface area contributed by atoms with Crippen LogP contribution in [0.15, 0.2) is 22.7 Å². The summed E-state index contributed by atoms with van der Waals surface area (Å²) in [4.78, 5) is 10.8. The second kappa shape index (κ2) is 5.03. The lowest BCUT2D eigenvalue weighted by molar-refractivity contribution is -0.116. The van der Waals surface area contributed by atoms with Crippen molar-refractivity contribution in [1.82, 2.24) is 0 Å². The zero-order valence-electron chi connectivity index (χ0n) is 7.56. The van der Waals surface area contributed by atoms with Gasteiger partial charge in [0.15, 0.2) is 0 Å². The van der Waals surface area contributed by atoms with Crippen LogP contribution >= 0.6 is 31.9 Å². The summed E-state index contributed by atoms with van der Waals surface area (Å²) in [5.74, 6) is 0.0323. The number of hydrogen-bond donors (Lipinski definition) is 0. The number of carbonyl (C=O) groups is 1. The van der Waals surface area contributed by atoms with E-state index in [-0.39, 0.29) is 10.6 Å². The van der Waals surface area contributed by atoms with Crippen LogP contribution in [0, 0.1) is 0 Å². The van der Waals surface area contributed by atoms with E-state index in [0.29, 0.717) is 10.0 Å². The molecular weight excluding hydrogens is 315 g/mol. The summed E-state index contributed by atoms with van der Waals surface area (Å²) in [5.41, 5.74) is 1.43. The highest BCUT2D eigenvalue weighted by Crippen LogP contribution is 2.28. The molecule has 0 amide bonds. The van der Waals surface area contributed by atoms with E-state index >= 15 is 0 Å². The highest BCUT2D eigenvalue weighted by atomic mass is 79.9. The number of benzene rings is 1. The van der Waals surface area contributed by atoms with E-state index in [2.05, 4.69) is 31.9 Å². The first-order valence-corrected chi connectivity index (χ1v) is 5.76. The van der Waals surface area contributed by atoms with Gasteiger partial charge in [-0.05, 0) is 24.1 Å². The van der Waals surface area contributed by atoms with Gasteiger partial charge in [0, 0.05) is 4.47 Å². The summed E-state index contributed by atoms with van der Waals surface area (Å²) in [6.07, 6.45) is 0. The van der Waals surface area contributed by atoms with Gasteiger partial charge in [0.25, 0.3) is 0 Å². The van der Waals surface area contributed by atoms with E-state index in [4.69, 9.17) is 0 Å². The molecule has 76 valence electrons. The Morgan fingerprint density at radius 2 is 2.21 bits per heavy atom. The van der Waals surface area contributed by atoms with Crippen LogP contribution in [0.4, 0.5) is 4.39 Å². The lowest BCUT2D eigenvalue weighted by atomic mass is 10.1. The highest BCUT2D eigenvalue weighted by Gasteiger charge is 2.13. The fraction of sp³-hybridized carbons (Fsp3) is 0.300. The third-order valence-corrected chi connectivity index (χ3v) is 3.78. The maximum absolute atomic E-state index is 12.4. The largest absolute Gasteiger partial charge is 0.298 e. The maximum atomic E-state index is 12.4. The molecule has 1 aromatic rings. The summed E-state index contributed by atoms with van der Waals surface area (Å²) in [6, 6.07) is 5.19. The molecule has 0 fully saturated rings. The lowest BCUT2D eigenvalue weighted by Gasteiger charge is -2.08. The maximum Gasteiger partial charge on any atom is 0.147 e. The van der Waals surface area contributed by atoms with E-state index < -0.39 is 6.67 Å². The zero-order chi connectivity index (χ0) is 10.7. The van der Waals surface area contributed by atoms with Gasteiger partial charge in [-0.1, -0.05) is 44.0 Å². The van der Waals surface area contributed by atoms with Gasteiger partial charge >= 0.3 is 0 Å². The van der Waals surface area contributed by atoms with Gasteiger partial charge in [0.05, 0.1) is 4.83 Å². The van der Waals surface area contributed by atoms with Crippen LogP contribution in [0.3, 0.4) is 0 Å². The number of ketones is 1. The summed E-state index contributed by atoms with van der Waals surface area (Å²) >= 11 is 6.52. The molecule has 14 heavy (non-hydrogen) atoms. The fourth-order valence-corrected chi connectivity index (χ4v) is 1.85. The van der Waals surface area contributed by atoms with Crippen molar-refractivity contribution in [2.24, 2.45) is 0 Å². The van der Waals surface area contributed by atoms with Crippen LogP contribution in [0.2, 0.25) is 0 Å². The van der Waals surface area contributed by atoms with Gasteiger partial charge in [-0.3, -0.25) is 4.79 Å². The Labute approximate surface area is 99.0 Å². The molecule has 0 N–H and O–H groups in total. The van der Waals surface area contributed by atoms with Crippen molar-refractivity contribution in [2.45, 2.75) is 18.4 Å². The highest BCUT2D eigenvalue weighted by molar-refractivity contribution is 9.10. The summed E-state index contributed by atoms with van der Waals surface area (Å²) in [7, 11) is 0. The first-order valence-electron chi connectivity index (χ1n) is 4.05. The average molecular weight is 324 g/mol. The average Bonchev–Trinajstić information content (AvgIpc) is 2.16. The van der Waals surface area contributed by atoms with Crippen molar-refractivity contribution in [2.75, 3.05) is 0 Å². The molecule has 1 aromatic carbocycles. The molecule has 0 heterocycles. The Kier molecular flexibility index (Phi) is 4.26. The van der Waals surface area contributed by atoms with Gasteiger partial charge in [0.2, 0.25) is 0 Å². The quantitative estimate of drug-likeness (QED) is 0.770. The Morgan fingerprint density at radius 1 is 1.57 bits per heavy atom. The molecule has 0 bridgehead atoms. The number of Topliss-reactive ketones (excluding diaryl/α,β-unsaturated/α-hetero) is 1. The van der Waals surface area contributed by atoms with E-state index in [0.717, 1.165) is 5.56 Å². The van der Waals surface area contributed by atoms with E-state index in [1.54, 1.807) is 18.2 Å². The first-order chi connectivity index (χ1) is 6.56. The van der Waals surface area contributed by atoms with E-state index in [1.807, 2.05) is 0 Å². The van der Waals surface area contributed by atoms with Crippen molar-refractivity contribution < 1.29 is 9.18 Å². The molecule has 0 radical (unpaired) electrons. The standard InChI is InChI=1S/C10H9Br2FO/c1-6(14)10(12)7-2-3-8(5-13)9(11)4-7/h2-4,10H,5H2,1H3. The van der Waals surface area contributed by atoms with Crippen LogP contribution in [0.5, 0.6) is 0 Å². The summed E-state index contributed by atoms with van der Waals surface area (Å²) in [5, 5.41) is 0. The predicted octanol–water partition coefficient (Wildman–Crippen LogP) is 3.94. The Balaban J connectivity index is 3.02. The SMILES string of the molecule is CC(=O)C(Br)c1ccc(CF)c(Br)c1. The number of carbonyl (C=O) groups excluding carboxylic acids is 1. The summed E-state index contributed by atoms with van der Waals surface area (Å²) < 4.78 is 13.1. The zero-order valence-corrected chi connectivity index (χ0v) is 10.7. The number of hydrogen-bond acceptors (Lipinski definition) is 1. The molecule has 4 heteroatoms. The van der Waals surface area contributed by atoms with E-state index in [1.165, 1.54) is 6.92 Å². The predicted molar refractivity (Wildman–Crippen MR) is 61.3 cm³/mol. The second-order valence-electron chi connectivity index (χ2n) is 2.96. The minimum absolute atomic E-state index is 0.0323. The Hall–Kier alpha value is -0.220. The molecule has 1 unspecified atom stereocenters. The van der Waals surface area contributed by atoms with Crippen LogP contribution in [0.1, 0.15) is 22.9 Å². The van der Waals surface area contributed by atoms with Gasteiger partial charge in [-0.25, -0.2) is 4.39 Å². The van der Waals surface area contributed by atoms with Crippen molar-refractivity contribution in [1.29, 1.82) is 0 Å². The smallest absolute Gasteiger partial charge is 0.147 e. The molecule has 0 saturated heterocycles. The van der Waals surface area contributed by atoms with Crippen molar-refractivity contribution in [3.05, 3.63) is 33.8 Å². The van der Waals surface area contributed by atoms with Gasteiger partial charge in [-0.15, -0.1) is 0 Å². The topological polar surface area (TPSA) is 17.1 Å². The monoisotopic (exact) mass is 322 g/mol. The second-order valence-corrected chi connectivity index (χ2v) is 4.73. The van der Waals surface area contributed by atoms with Crippen molar-refractivity contribution in [3.63, 3.8) is 0 Å². The lowest BCUT2D eigenvalue weighted by Crippen LogP contribution is -2.01. The molecular formula is C10H9Br2FO. The number of rotatable bonds is 3. The molecule has 1 nitrogen and oxygen atoms in total. The van der Waals surface area contributed by atoms with Crippen LogP contribution in [-0.2, 0) is 11.5 Å². The molecule has 0 saturated carbocycles. The first kappa shape index (κ1) is 11.9. The Bertz CT molecular complexity index is 352. The summed E-state index contributed by atoms with van der Waals surface area (Å²) in [6.45, 7) is 1.00. The van der Waals surface area contributed by atoms with Crippen LogP contribution < -0.4 is 0 Å². The van der Waals surface area contributed by atoms with Gasteiger partial charge in [-0.2, -0.15) is 0 Å². The molecule has 1 atom stereocenters. The fourth-order valence-electron chi connectivity index (χ4n) is 1.06. The van der Waals surface area contributed by atoms with Gasteiger partial charge in [0.1, 0.15) is 12.5 Å². The van der Waals surface area contributed by atoms with Crippen LogP contribution in [0.25, 0.3) is 0 Å². The normalized spacial score (nSPS) is 12.6. The van der Waals surface area contributed by atoms with Crippen molar-refractivity contribution >= 4 is 37.6 Å². The van der Waals surface area contributed by atoms with E-state index in [9.17, 15) is 9.18 Å². The molecule has 0 aliphatic carbocycles. The van der Waals surface area contributed by atoms with Crippen molar-refractivity contribution in [3.8, 4) is 0 Å². The minimum atomic E-state index is -0.506. The van der Waals surface area contributed by atoms with Crippen LogP contribution in [-0.4, -0.2) is 5.78 Å². The van der Waals surface area contributed by atoms with Gasteiger partial charge < -0.3 is 0 Å². The third kappa shape index (κ3) is 2.64. The molecule has 0 aliphatic rings.